The summed E-state index contributed by atoms with van der Waals surface area (Å²) >= 11 is 0. The van der Waals surface area contributed by atoms with E-state index in [1.807, 2.05) is 49.4 Å². The van der Waals surface area contributed by atoms with Gasteiger partial charge >= 0.3 is 5.97 Å². The average molecular weight is 371 g/mol. The van der Waals surface area contributed by atoms with Crippen LogP contribution >= 0.6 is 0 Å². The molecule has 144 valence electrons. The lowest BCUT2D eigenvalue weighted by atomic mass is 10.1. The van der Waals surface area contributed by atoms with E-state index in [0.29, 0.717) is 31.1 Å². The summed E-state index contributed by atoms with van der Waals surface area (Å²) in [5.74, 6) is 0.0611. The molecule has 0 radical (unpaired) electrons. The first kappa shape index (κ1) is 20.3. The highest BCUT2D eigenvalue weighted by molar-refractivity contribution is 5.80. The monoisotopic (exact) mass is 371 g/mol. The van der Waals surface area contributed by atoms with Gasteiger partial charge in [-0.05, 0) is 42.2 Å². The van der Waals surface area contributed by atoms with Gasteiger partial charge in [0.25, 0.3) is 0 Å². The Morgan fingerprint density at radius 1 is 1.07 bits per heavy atom. The van der Waals surface area contributed by atoms with Crippen LogP contribution in [0, 0.1) is 6.92 Å². The Labute approximate surface area is 159 Å². The fraction of sp³-hybridized carbons (Fsp3) is 0.333. The minimum atomic E-state index is -0.976. The van der Waals surface area contributed by atoms with Crippen LogP contribution in [-0.2, 0) is 22.6 Å². The third kappa shape index (κ3) is 6.66. The molecule has 0 heterocycles. The summed E-state index contributed by atoms with van der Waals surface area (Å²) in [6.45, 7) is 2.92. The number of carboxylic acid groups (broad SMARTS) is 1. The molecule has 0 saturated heterocycles. The normalized spacial score (nSPS) is 10.3. The minimum absolute atomic E-state index is 0.0112. The first-order chi connectivity index (χ1) is 13.0. The van der Waals surface area contributed by atoms with Gasteiger partial charge in [-0.15, -0.1) is 0 Å². The molecule has 0 aliphatic heterocycles. The van der Waals surface area contributed by atoms with E-state index in [-0.39, 0.29) is 18.7 Å². The van der Waals surface area contributed by atoms with Crippen molar-refractivity contribution in [3.05, 3.63) is 59.2 Å². The van der Waals surface area contributed by atoms with Gasteiger partial charge in [0.1, 0.15) is 6.61 Å². The van der Waals surface area contributed by atoms with Crippen LogP contribution < -0.4 is 14.8 Å². The molecule has 0 bridgehead atoms. The Morgan fingerprint density at radius 2 is 1.85 bits per heavy atom. The van der Waals surface area contributed by atoms with Crippen LogP contribution in [0.25, 0.3) is 0 Å². The van der Waals surface area contributed by atoms with Gasteiger partial charge in [-0.3, -0.25) is 9.59 Å². The lowest BCUT2D eigenvalue weighted by Gasteiger charge is -2.14. The smallest absolute Gasteiger partial charge is 0.303 e. The summed E-state index contributed by atoms with van der Waals surface area (Å²) in [5, 5.41) is 11.3. The highest BCUT2D eigenvalue weighted by Crippen LogP contribution is 2.29. The van der Waals surface area contributed by atoms with Crippen molar-refractivity contribution < 1.29 is 24.2 Å². The third-order valence-electron chi connectivity index (χ3n) is 4.17. The molecule has 0 fully saturated rings. The van der Waals surface area contributed by atoms with E-state index < -0.39 is 5.97 Å². The number of carboxylic acids is 1. The summed E-state index contributed by atoms with van der Waals surface area (Å²) < 4.78 is 11.3. The third-order valence-corrected chi connectivity index (χ3v) is 4.17. The number of methoxy groups -OCH3 is 1. The number of carbonyl (C=O) groups is 2. The van der Waals surface area contributed by atoms with Crippen molar-refractivity contribution >= 4 is 11.9 Å². The minimum Gasteiger partial charge on any atom is -0.493 e. The summed E-state index contributed by atoms with van der Waals surface area (Å²) in [6.07, 6.45) is 0.442. The molecule has 0 saturated carbocycles. The van der Waals surface area contributed by atoms with Gasteiger partial charge in [0, 0.05) is 13.0 Å². The SMILES string of the molecule is COc1ccc(CCNC(=O)CCC(=O)O)cc1OCc1ccccc1C. The fourth-order valence-electron chi connectivity index (χ4n) is 2.57. The molecule has 6 nitrogen and oxygen atoms in total. The topological polar surface area (TPSA) is 84.9 Å². The number of amides is 1. The van der Waals surface area contributed by atoms with Crippen LogP contribution in [0.4, 0.5) is 0 Å². The summed E-state index contributed by atoms with van der Waals surface area (Å²) in [6, 6.07) is 13.7. The van der Waals surface area contributed by atoms with E-state index >= 15 is 0 Å². The van der Waals surface area contributed by atoms with Crippen molar-refractivity contribution in [1.82, 2.24) is 5.32 Å². The Morgan fingerprint density at radius 3 is 2.56 bits per heavy atom. The van der Waals surface area contributed by atoms with Crippen LogP contribution in [0.1, 0.15) is 29.5 Å². The second kappa shape index (κ2) is 10.2. The van der Waals surface area contributed by atoms with E-state index in [1.54, 1.807) is 7.11 Å². The zero-order valence-corrected chi connectivity index (χ0v) is 15.7. The number of aliphatic carboxylic acids is 1. The number of benzene rings is 2. The molecule has 1 amide bonds. The van der Waals surface area contributed by atoms with Crippen molar-refractivity contribution in [2.75, 3.05) is 13.7 Å². The molecule has 6 heteroatoms. The zero-order valence-electron chi connectivity index (χ0n) is 15.7. The van der Waals surface area contributed by atoms with Gasteiger partial charge in [0.2, 0.25) is 5.91 Å². The van der Waals surface area contributed by atoms with Crippen molar-refractivity contribution in [3.8, 4) is 11.5 Å². The molecule has 0 aliphatic rings. The van der Waals surface area contributed by atoms with Crippen LogP contribution in [0.5, 0.6) is 11.5 Å². The zero-order chi connectivity index (χ0) is 19.6. The van der Waals surface area contributed by atoms with Gasteiger partial charge in [0.15, 0.2) is 11.5 Å². The van der Waals surface area contributed by atoms with Gasteiger partial charge < -0.3 is 19.9 Å². The second-order valence-corrected chi connectivity index (χ2v) is 6.19. The summed E-state index contributed by atoms with van der Waals surface area (Å²) in [5.41, 5.74) is 3.27. The maximum absolute atomic E-state index is 11.6. The molecule has 27 heavy (non-hydrogen) atoms. The van der Waals surface area contributed by atoms with Crippen LogP contribution in [-0.4, -0.2) is 30.6 Å². The van der Waals surface area contributed by atoms with E-state index in [9.17, 15) is 9.59 Å². The fourth-order valence-corrected chi connectivity index (χ4v) is 2.57. The molecular formula is C21H25NO5. The number of ether oxygens (including phenoxy) is 2. The number of carbonyl (C=O) groups excluding carboxylic acids is 1. The molecule has 2 aromatic rings. The standard InChI is InChI=1S/C21H25NO5/c1-15-5-3-4-6-17(15)14-27-19-13-16(7-8-18(19)26-2)11-12-22-20(23)9-10-21(24)25/h3-8,13H,9-12,14H2,1-2H3,(H,22,23)(H,24,25). The van der Waals surface area contributed by atoms with E-state index in [1.165, 1.54) is 0 Å². The first-order valence-corrected chi connectivity index (χ1v) is 8.82. The summed E-state index contributed by atoms with van der Waals surface area (Å²) in [4.78, 5) is 22.1. The quantitative estimate of drug-likeness (QED) is 0.670. The predicted octanol–water partition coefficient (Wildman–Crippen LogP) is 3.11. The van der Waals surface area contributed by atoms with E-state index in [0.717, 1.165) is 16.7 Å². The highest BCUT2D eigenvalue weighted by Gasteiger charge is 2.09. The lowest BCUT2D eigenvalue weighted by Crippen LogP contribution is -2.26. The molecule has 0 unspecified atom stereocenters. The van der Waals surface area contributed by atoms with Gasteiger partial charge in [0.05, 0.1) is 13.5 Å². The Balaban J connectivity index is 1.93. The number of aryl methyl sites for hydroxylation is 1. The summed E-state index contributed by atoms with van der Waals surface area (Å²) in [7, 11) is 1.60. The lowest BCUT2D eigenvalue weighted by molar-refractivity contribution is -0.138. The Hall–Kier alpha value is -3.02. The van der Waals surface area contributed by atoms with Gasteiger partial charge in [-0.1, -0.05) is 30.3 Å². The molecule has 2 N–H and O–H groups in total. The van der Waals surface area contributed by atoms with Crippen molar-refractivity contribution in [2.45, 2.75) is 32.8 Å². The number of rotatable bonds is 10. The second-order valence-electron chi connectivity index (χ2n) is 6.19. The molecular weight excluding hydrogens is 346 g/mol. The van der Waals surface area contributed by atoms with Crippen LogP contribution in [0.15, 0.2) is 42.5 Å². The van der Waals surface area contributed by atoms with Crippen molar-refractivity contribution in [2.24, 2.45) is 0 Å². The number of nitrogens with one attached hydrogen (secondary N) is 1. The number of hydrogen-bond donors (Lipinski definition) is 2. The first-order valence-electron chi connectivity index (χ1n) is 8.82. The molecule has 0 aliphatic carbocycles. The molecule has 2 aromatic carbocycles. The highest BCUT2D eigenvalue weighted by atomic mass is 16.5. The Bertz CT molecular complexity index is 788. The average Bonchev–Trinajstić information content (AvgIpc) is 2.66. The maximum Gasteiger partial charge on any atom is 0.303 e. The van der Waals surface area contributed by atoms with E-state index in [4.69, 9.17) is 14.6 Å². The predicted molar refractivity (Wildman–Crippen MR) is 102 cm³/mol. The maximum atomic E-state index is 11.6. The molecule has 0 spiro atoms. The Kier molecular flexibility index (Phi) is 7.67. The van der Waals surface area contributed by atoms with Gasteiger partial charge in [-0.2, -0.15) is 0 Å². The van der Waals surface area contributed by atoms with Gasteiger partial charge in [-0.25, -0.2) is 0 Å². The van der Waals surface area contributed by atoms with Crippen molar-refractivity contribution in [3.63, 3.8) is 0 Å². The van der Waals surface area contributed by atoms with Crippen LogP contribution in [0.3, 0.4) is 0 Å². The molecule has 0 aromatic heterocycles. The number of hydrogen-bond acceptors (Lipinski definition) is 4. The largest absolute Gasteiger partial charge is 0.493 e. The van der Waals surface area contributed by atoms with Crippen LogP contribution in [0.2, 0.25) is 0 Å². The van der Waals surface area contributed by atoms with E-state index in [2.05, 4.69) is 5.32 Å². The molecule has 0 atom stereocenters. The molecule has 2 rings (SSSR count). The van der Waals surface area contributed by atoms with Crippen molar-refractivity contribution in [1.29, 1.82) is 0 Å².